The number of hydrogen-bond donors (Lipinski definition) is 1. The number of esters is 1. The molecule has 1 heterocycles. The van der Waals surface area contributed by atoms with Crippen molar-refractivity contribution in [2.45, 2.75) is 19.8 Å². The molecule has 0 bridgehead atoms. The third-order valence-electron chi connectivity index (χ3n) is 3.23. The van der Waals surface area contributed by atoms with Gasteiger partial charge in [0, 0.05) is 25.8 Å². The van der Waals surface area contributed by atoms with Crippen LogP contribution in [0.4, 0.5) is 17.3 Å². The van der Waals surface area contributed by atoms with Crippen molar-refractivity contribution in [1.82, 2.24) is 9.97 Å². The van der Waals surface area contributed by atoms with Crippen LogP contribution in [-0.2, 0) is 4.74 Å². The van der Waals surface area contributed by atoms with Crippen LogP contribution in [0, 0.1) is 0 Å². The van der Waals surface area contributed by atoms with Gasteiger partial charge in [0.2, 0.25) is 0 Å². The number of rotatable bonds is 7. The minimum atomic E-state index is -0.290. The fourth-order valence-corrected chi connectivity index (χ4v) is 1.89. The largest absolute Gasteiger partial charge is 0.462 e. The molecule has 1 aromatic heterocycles. The number of hydrogen-bond acceptors (Lipinski definition) is 6. The van der Waals surface area contributed by atoms with Gasteiger partial charge in [-0.2, -0.15) is 0 Å². The number of nitrogens with zero attached hydrogens (tertiary/aromatic N) is 3. The number of aromatic nitrogens is 2. The summed E-state index contributed by atoms with van der Waals surface area (Å²) in [6, 6.07) is 8.99. The lowest BCUT2D eigenvalue weighted by atomic mass is 10.2. The Balaban J connectivity index is 2.00. The minimum absolute atomic E-state index is 0.290. The molecule has 0 saturated carbocycles. The van der Waals surface area contributed by atoms with Gasteiger partial charge in [0.1, 0.15) is 18.0 Å². The normalized spacial score (nSPS) is 10.2. The highest BCUT2D eigenvalue weighted by Crippen LogP contribution is 2.18. The Morgan fingerprint density at radius 2 is 1.96 bits per heavy atom. The molecule has 0 radical (unpaired) electrons. The Labute approximate surface area is 136 Å². The van der Waals surface area contributed by atoms with E-state index in [0.29, 0.717) is 18.0 Å². The zero-order chi connectivity index (χ0) is 16.7. The molecular formula is C17H22N4O2. The highest BCUT2D eigenvalue weighted by Gasteiger charge is 2.07. The maximum Gasteiger partial charge on any atom is 0.338 e. The lowest BCUT2D eigenvalue weighted by Gasteiger charge is -2.12. The quantitative estimate of drug-likeness (QED) is 0.625. The lowest BCUT2D eigenvalue weighted by Crippen LogP contribution is -2.11. The average molecular weight is 314 g/mol. The van der Waals surface area contributed by atoms with Crippen molar-refractivity contribution in [3.8, 4) is 0 Å². The van der Waals surface area contributed by atoms with Crippen molar-refractivity contribution < 1.29 is 9.53 Å². The third kappa shape index (κ3) is 4.95. The van der Waals surface area contributed by atoms with E-state index in [0.717, 1.165) is 24.3 Å². The Morgan fingerprint density at radius 1 is 1.22 bits per heavy atom. The van der Waals surface area contributed by atoms with Crippen molar-refractivity contribution in [3.63, 3.8) is 0 Å². The summed E-state index contributed by atoms with van der Waals surface area (Å²) in [6.07, 6.45) is 3.40. The van der Waals surface area contributed by atoms with Crippen LogP contribution < -0.4 is 10.2 Å². The smallest absolute Gasteiger partial charge is 0.338 e. The molecule has 2 rings (SSSR count). The second kappa shape index (κ2) is 8.12. The predicted molar refractivity (Wildman–Crippen MR) is 91.3 cm³/mol. The van der Waals surface area contributed by atoms with Gasteiger partial charge in [-0.1, -0.05) is 13.3 Å². The molecule has 1 N–H and O–H groups in total. The summed E-state index contributed by atoms with van der Waals surface area (Å²) in [6.45, 7) is 2.52. The molecule has 2 aromatic rings. The van der Waals surface area contributed by atoms with E-state index in [-0.39, 0.29) is 5.97 Å². The van der Waals surface area contributed by atoms with E-state index < -0.39 is 0 Å². The molecule has 6 heteroatoms. The zero-order valence-corrected chi connectivity index (χ0v) is 13.7. The van der Waals surface area contributed by atoms with Gasteiger partial charge in [-0.05, 0) is 30.7 Å². The molecule has 0 fully saturated rings. The van der Waals surface area contributed by atoms with Crippen LogP contribution in [-0.4, -0.2) is 36.6 Å². The molecule has 1 aromatic carbocycles. The van der Waals surface area contributed by atoms with Crippen molar-refractivity contribution in [1.29, 1.82) is 0 Å². The first-order valence-electron chi connectivity index (χ1n) is 7.63. The van der Waals surface area contributed by atoms with E-state index in [4.69, 9.17) is 4.74 Å². The van der Waals surface area contributed by atoms with Crippen molar-refractivity contribution in [2.75, 3.05) is 30.9 Å². The summed E-state index contributed by atoms with van der Waals surface area (Å²) in [4.78, 5) is 22.1. The van der Waals surface area contributed by atoms with Crippen LogP contribution in [0.5, 0.6) is 0 Å². The van der Waals surface area contributed by atoms with E-state index in [9.17, 15) is 4.79 Å². The maximum absolute atomic E-state index is 11.8. The number of carbonyl (C=O) groups excluding carboxylic acids is 1. The summed E-state index contributed by atoms with van der Waals surface area (Å²) in [5.41, 5.74) is 1.39. The second-order valence-electron chi connectivity index (χ2n) is 5.35. The van der Waals surface area contributed by atoms with E-state index in [1.807, 2.05) is 37.2 Å². The topological polar surface area (TPSA) is 67.3 Å². The molecular weight excluding hydrogens is 292 g/mol. The molecule has 0 aliphatic rings. The van der Waals surface area contributed by atoms with Crippen molar-refractivity contribution >= 4 is 23.3 Å². The predicted octanol–water partition coefficient (Wildman–Crippen LogP) is 3.24. The Bertz CT molecular complexity index is 641. The number of anilines is 3. The van der Waals surface area contributed by atoms with Gasteiger partial charge in [0.05, 0.1) is 12.2 Å². The first kappa shape index (κ1) is 16.7. The van der Waals surface area contributed by atoms with Gasteiger partial charge in [0.25, 0.3) is 0 Å². The van der Waals surface area contributed by atoms with Crippen LogP contribution in [0.15, 0.2) is 36.7 Å². The molecule has 6 nitrogen and oxygen atoms in total. The van der Waals surface area contributed by atoms with Crippen LogP contribution in [0.1, 0.15) is 30.1 Å². The molecule has 0 aliphatic heterocycles. The Kier molecular flexibility index (Phi) is 5.91. The van der Waals surface area contributed by atoms with Crippen molar-refractivity contribution in [2.24, 2.45) is 0 Å². The fourth-order valence-electron chi connectivity index (χ4n) is 1.89. The summed E-state index contributed by atoms with van der Waals surface area (Å²) in [7, 11) is 3.84. The monoisotopic (exact) mass is 314 g/mol. The van der Waals surface area contributed by atoms with Gasteiger partial charge in [-0.3, -0.25) is 0 Å². The van der Waals surface area contributed by atoms with Crippen LogP contribution >= 0.6 is 0 Å². The van der Waals surface area contributed by atoms with E-state index in [1.54, 1.807) is 12.1 Å². The highest BCUT2D eigenvalue weighted by atomic mass is 16.5. The minimum Gasteiger partial charge on any atom is -0.462 e. The molecule has 0 aliphatic carbocycles. The van der Waals surface area contributed by atoms with Gasteiger partial charge in [-0.15, -0.1) is 0 Å². The molecule has 0 spiro atoms. The van der Waals surface area contributed by atoms with Gasteiger partial charge in [0.15, 0.2) is 0 Å². The number of ether oxygens (including phenoxy) is 1. The van der Waals surface area contributed by atoms with Gasteiger partial charge < -0.3 is 15.0 Å². The maximum atomic E-state index is 11.8. The number of carbonyl (C=O) groups is 1. The molecule has 0 atom stereocenters. The van der Waals surface area contributed by atoms with Crippen LogP contribution in [0.25, 0.3) is 0 Å². The fraction of sp³-hybridized carbons (Fsp3) is 0.353. The van der Waals surface area contributed by atoms with Crippen LogP contribution in [0.2, 0.25) is 0 Å². The van der Waals surface area contributed by atoms with E-state index in [1.165, 1.54) is 6.33 Å². The SMILES string of the molecule is CCCCOC(=O)c1ccc(Nc2cc(N(C)C)ncn2)cc1. The number of nitrogens with one attached hydrogen (secondary N) is 1. The highest BCUT2D eigenvalue weighted by molar-refractivity contribution is 5.89. The zero-order valence-electron chi connectivity index (χ0n) is 13.7. The number of unbranched alkanes of at least 4 members (excludes halogenated alkanes) is 1. The summed E-state index contributed by atoms with van der Waals surface area (Å²) < 4.78 is 5.18. The van der Waals surface area contributed by atoms with E-state index in [2.05, 4.69) is 22.2 Å². The summed E-state index contributed by atoms with van der Waals surface area (Å²) in [5.74, 6) is 1.22. The standard InChI is InChI=1S/C17H22N4O2/c1-4-5-10-23-17(22)13-6-8-14(9-7-13)20-15-11-16(21(2)3)19-12-18-15/h6-9,11-12H,4-5,10H2,1-3H3,(H,18,19,20). The first-order valence-corrected chi connectivity index (χ1v) is 7.63. The molecule has 23 heavy (non-hydrogen) atoms. The summed E-state index contributed by atoms with van der Waals surface area (Å²) in [5, 5.41) is 3.19. The average Bonchev–Trinajstić information content (AvgIpc) is 2.56. The Hall–Kier alpha value is -2.63. The lowest BCUT2D eigenvalue weighted by molar-refractivity contribution is 0.0500. The van der Waals surface area contributed by atoms with Crippen molar-refractivity contribution in [3.05, 3.63) is 42.2 Å². The van der Waals surface area contributed by atoms with E-state index >= 15 is 0 Å². The van der Waals surface area contributed by atoms with Gasteiger partial charge in [-0.25, -0.2) is 14.8 Å². The van der Waals surface area contributed by atoms with Crippen LogP contribution in [0.3, 0.4) is 0 Å². The summed E-state index contributed by atoms with van der Waals surface area (Å²) >= 11 is 0. The molecule has 122 valence electrons. The third-order valence-corrected chi connectivity index (χ3v) is 3.23. The number of benzene rings is 1. The van der Waals surface area contributed by atoms with Gasteiger partial charge >= 0.3 is 5.97 Å². The molecule has 0 unspecified atom stereocenters. The Morgan fingerprint density at radius 3 is 2.61 bits per heavy atom. The second-order valence-corrected chi connectivity index (χ2v) is 5.35. The first-order chi connectivity index (χ1) is 11.1. The molecule has 0 saturated heterocycles. The molecule has 0 amide bonds.